The maximum absolute atomic E-state index is 5.92. The molecule has 0 bridgehead atoms. The SMILES string of the molecule is NC1CCN(c2ncnc3ccccc23)C1. The van der Waals surface area contributed by atoms with Crippen molar-refractivity contribution in [3.05, 3.63) is 30.6 Å². The van der Waals surface area contributed by atoms with Crippen LogP contribution in [0.5, 0.6) is 0 Å². The van der Waals surface area contributed by atoms with E-state index in [1.54, 1.807) is 6.33 Å². The lowest BCUT2D eigenvalue weighted by molar-refractivity contribution is 0.751. The average molecular weight is 214 g/mol. The fourth-order valence-electron chi connectivity index (χ4n) is 2.22. The van der Waals surface area contributed by atoms with Gasteiger partial charge in [0, 0.05) is 24.5 Å². The van der Waals surface area contributed by atoms with Crippen LogP contribution in [0.4, 0.5) is 5.82 Å². The van der Waals surface area contributed by atoms with Gasteiger partial charge in [0.05, 0.1) is 5.52 Å². The van der Waals surface area contributed by atoms with E-state index in [0.29, 0.717) is 0 Å². The van der Waals surface area contributed by atoms with E-state index in [-0.39, 0.29) is 6.04 Å². The Hall–Kier alpha value is -1.68. The molecule has 1 unspecified atom stereocenters. The van der Waals surface area contributed by atoms with E-state index in [1.165, 1.54) is 0 Å². The van der Waals surface area contributed by atoms with Crippen molar-refractivity contribution >= 4 is 16.7 Å². The van der Waals surface area contributed by atoms with E-state index < -0.39 is 0 Å². The first kappa shape index (κ1) is 9.54. The number of benzene rings is 1. The van der Waals surface area contributed by atoms with Crippen LogP contribution in [0.2, 0.25) is 0 Å². The van der Waals surface area contributed by atoms with Crippen LogP contribution in [0.15, 0.2) is 30.6 Å². The Balaban J connectivity index is 2.09. The first-order valence-electron chi connectivity index (χ1n) is 5.55. The van der Waals surface area contributed by atoms with E-state index in [9.17, 15) is 0 Å². The fraction of sp³-hybridized carbons (Fsp3) is 0.333. The van der Waals surface area contributed by atoms with Crippen LogP contribution in [-0.2, 0) is 0 Å². The molecule has 0 aliphatic carbocycles. The summed E-state index contributed by atoms with van der Waals surface area (Å²) in [6.07, 6.45) is 2.67. The number of aromatic nitrogens is 2. The van der Waals surface area contributed by atoms with Crippen molar-refractivity contribution in [2.75, 3.05) is 18.0 Å². The minimum absolute atomic E-state index is 0.272. The van der Waals surface area contributed by atoms with Crippen LogP contribution in [-0.4, -0.2) is 29.1 Å². The lowest BCUT2D eigenvalue weighted by Crippen LogP contribution is -2.27. The molecule has 2 N–H and O–H groups in total. The molecule has 1 aliphatic heterocycles. The Morgan fingerprint density at radius 1 is 1.25 bits per heavy atom. The summed E-state index contributed by atoms with van der Waals surface area (Å²) in [4.78, 5) is 10.9. The molecular weight excluding hydrogens is 200 g/mol. The summed E-state index contributed by atoms with van der Waals surface area (Å²) in [6.45, 7) is 1.88. The number of fused-ring (bicyclic) bond motifs is 1. The number of nitrogens with two attached hydrogens (primary N) is 1. The molecule has 4 heteroatoms. The number of hydrogen-bond donors (Lipinski definition) is 1. The minimum Gasteiger partial charge on any atom is -0.354 e. The van der Waals surface area contributed by atoms with E-state index in [4.69, 9.17) is 5.73 Å². The van der Waals surface area contributed by atoms with Crippen LogP contribution in [0.25, 0.3) is 10.9 Å². The smallest absolute Gasteiger partial charge is 0.139 e. The van der Waals surface area contributed by atoms with Crippen molar-refractivity contribution in [3.8, 4) is 0 Å². The molecule has 1 aromatic heterocycles. The molecular formula is C12H14N4. The van der Waals surface area contributed by atoms with Gasteiger partial charge in [0.25, 0.3) is 0 Å². The van der Waals surface area contributed by atoms with Gasteiger partial charge >= 0.3 is 0 Å². The first-order valence-corrected chi connectivity index (χ1v) is 5.55. The summed E-state index contributed by atoms with van der Waals surface area (Å²) in [5, 5.41) is 1.11. The maximum atomic E-state index is 5.92. The zero-order valence-electron chi connectivity index (χ0n) is 9.00. The molecule has 1 aliphatic rings. The predicted octanol–water partition coefficient (Wildman–Crippen LogP) is 1.17. The molecule has 0 spiro atoms. The Bertz CT molecular complexity index is 506. The van der Waals surface area contributed by atoms with Gasteiger partial charge in [-0.1, -0.05) is 12.1 Å². The Morgan fingerprint density at radius 2 is 2.12 bits per heavy atom. The highest BCUT2D eigenvalue weighted by molar-refractivity contribution is 5.89. The van der Waals surface area contributed by atoms with Gasteiger partial charge in [-0.25, -0.2) is 9.97 Å². The molecule has 2 heterocycles. The average Bonchev–Trinajstić information content (AvgIpc) is 2.75. The van der Waals surface area contributed by atoms with Gasteiger partial charge < -0.3 is 10.6 Å². The van der Waals surface area contributed by atoms with Gasteiger partial charge in [0.1, 0.15) is 12.1 Å². The lowest BCUT2D eigenvalue weighted by atomic mass is 10.2. The molecule has 1 saturated heterocycles. The van der Waals surface area contributed by atoms with E-state index >= 15 is 0 Å². The van der Waals surface area contributed by atoms with Crippen molar-refractivity contribution in [3.63, 3.8) is 0 Å². The van der Waals surface area contributed by atoms with Gasteiger partial charge in [-0.15, -0.1) is 0 Å². The normalized spacial score (nSPS) is 20.6. The maximum Gasteiger partial charge on any atom is 0.139 e. The van der Waals surface area contributed by atoms with E-state index in [0.717, 1.165) is 36.2 Å². The largest absolute Gasteiger partial charge is 0.354 e. The molecule has 82 valence electrons. The molecule has 0 saturated carbocycles. The van der Waals surface area contributed by atoms with Crippen LogP contribution >= 0.6 is 0 Å². The van der Waals surface area contributed by atoms with Crippen molar-refractivity contribution in [1.29, 1.82) is 0 Å². The predicted molar refractivity (Wildman–Crippen MR) is 64.3 cm³/mol. The fourth-order valence-corrected chi connectivity index (χ4v) is 2.22. The standard InChI is InChI=1S/C12H14N4/c13-9-5-6-16(7-9)12-10-3-1-2-4-11(10)14-8-15-12/h1-4,8-9H,5-7,13H2. The summed E-state index contributed by atoms with van der Waals surface area (Å²) in [6, 6.07) is 8.36. The summed E-state index contributed by atoms with van der Waals surface area (Å²) >= 11 is 0. The van der Waals surface area contributed by atoms with Gasteiger partial charge in [-0.2, -0.15) is 0 Å². The minimum atomic E-state index is 0.272. The molecule has 0 amide bonds. The van der Waals surface area contributed by atoms with Gasteiger partial charge in [0.15, 0.2) is 0 Å². The Morgan fingerprint density at radius 3 is 2.94 bits per heavy atom. The van der Waals surface area contributed by atoms with Gasteiger partial charge in [-0.05, 0) is 18.6 Å². The molecule has 1 atom stereocenters. The zero-order chi connectivity index (χ0) is 11.0. The number of rotatable bonds is 1. The van der Waals surface area contributed by atoms with Crippen molar-refractivity contribution < 1.29 is 0 Å². The molecule has 1 aromatic carbocycles. The Kier molecular flexibility index (Phi) is 2.22. The van der Waals surface area contributed by atoms with Crippen LogP contribution in [0, 0.1) is 0 Å². The molecule has 3 rings (SSSR count). The van der Waals surface area contributed by atoms with Crippen molar-refractivity contribution in [1.82, 2.24) is 9.97 Å². The summed E-state index contributed by atoms with van der Waals surface area (Å²) in [7, 11) is 0. The second-order valence-electron chi connectivity index (χ2n) is 4.21. The summed E-state index contributed by atoms with van der Waals surface area (Å²) in [5.74, 6) is 1.01. The van der Waals surface area contributed by atoms with Crippen LogP contribution in [0.3, 0.4) is 0 Å². The molecule has 1 fully saturated rings. The molecule has 16 heavy (non-hydrogen) atoms. The lowest BCUT2D eigenvalue weighted by Gasteiger charge is -2.18. The molecule has 0 radical (unpaired) electrons. The first-order chi connectivity index (χ1) is 7.84. The second-order valence-corrected chi connectivity index (χ2v) is 4.21. The van der Waals surface area contributed by atoms with E-state index in [1.807, 2.05) is 18.2 Å². The Labute approximate surface area is 94.1 Å². The zero-order valence-corrected chi connectivity index (χ0v) is 9.00. The highest BCUT2D eigenvalue weighted by atomic mass is 15.2. The summed E-state index contributed by atoms with van der Waals surface area (Å²) in [5.41, 5.74) is 6.91. The van der Waals surface area contributed by atoms with Crippen molar-refractivity contribution in [2.24, 2.45) is 5.73 Å². The van der Waals surface area contributed by atoms with E-state index in [2.05, 4.69) is 20.9 Å². The summed E-state index contributed by atoms with van der Waals surface area (Å²) < 4.78 is 0. The number of anilines is 1. The highest BCUT2D eigenvalue weighted by Crippen LogP contribution is 2.25. The quantitative estimate of drug-likeness (QED) is 0.774. The molecule has 4 nitrogen and oxygen atoms in total. The van der Waals surface area contributed by atoms with Gasteiger partial charge in [-0.3, -0.25) is 0 Å². The van der Waals surface area contributed by atoms with Gasteiger partial charge in [0.2, 0.25) is 0 Å². The van der Waals surface area contributed by atoms with Crippen LogP contribution < -0.4 is 10.6 Å². The van der Waals surface area contributed by atoms with Crippen LogP contribution in [0.1, 0.15) is 6.42 Å². The second kappa shape index (κ2) is 3.72. The third kappa shape index (κ3) is 1.51. The number of hydrogen-bond acceptors (Lipinski definition) is 4. The van der Waals surface area contributed by atoms with Crippen molar-refractivity contribution in [2.45, 2.75) is 12.5 Å². The highest BCUT2D eigenvalue weighted by Gasteiger charge is 2.21. The number of para-hydroxylation sites is 1. The third-order valence-electron chi connectivity index (χ3n) is 3.05. The monoisotopic (exact) mass is 214 g/mol. The third-order valence-corrected chi connectivity index (χ3v) is 3.05. The number of nitrogens with zero attached hydrogens (tertiary/aromatic N) is 3. The topological polar surface area (TPSA) is 55.0 Å². The molecule has 2 aromatic rings.